The number of esters is 1. The van der Waals surface area contributed by atoms with Crippen molar-refractivity contribution in [1.82, 2.24) is 0 Å². The first kappa shape index (κ1) is 16.1. The number of benzene rings is 1. The number of methoxy groups -OCH3 is 1. The quantitative estimate of drug-likeness (QED) is 0.379. The minimum absolute atomic E-state index is 0.154. The first-order valence-electron chi connectivity index (χ1n) is 5.47. The number of carboxylic acid groups (broad SMARTS) is 1. The Labute approximate surface area is 122 Å². The Hall–Kier alpha value is -1.96. The molecule has 1 N–H and O–H groups in total. The maximum Gasteiger partial charge on any atom is 0.323 e. The zero-order valence-electron chi connectivity index (χ0n) is 10.8. The van der Waals surface area contributed by atoms with Crippen LogP contribution in [0.25, 0.3) is 0 Å². The maximum absolute atomic E-state index is 11.7. The number of halogens is 1. The summed E-state index contributed by atoms with van der Waals surface area (Å²) in [5.74, 6) is -2.27. The zero-order valence-corrected chi connectivity index (χ0v) is 12.3. The number of rotatable bonds is 5. The molecule has 0 aliphatic rings. The Bertz CT molecular complexity index is 573. The van der Waals surface area contributed by atoms with E-state index in [1.165, 1.54) is 25.1 Å². The molecule has 0 saturated carbocycles. The van der Waals surface area contributed by atoms with E-state index in [1.807, 2.05) is 0 Å². The molecule has 0 amide bonds. The Morgan fingerprint density at radius 2 is 2.10 bits per heavy atom. The lowest BCUT2D eigenvalue weighted by Gasteiger charge is -2.22. The van der Waals surface area contributed by atoms with E-state index in [0.717, 1.165) is 7.11 Å². The summed E-state index contributed by atoms with van der Waals surface area (Å²) in [5.41, 5.74) is -1.67. The third-order valence-electron chi connectivity index (χ3n) is 2.91. The summed E-state index contributed by atoms with van der Waals surface area (Å²) < 4.78 is 4.65. The standard InChI is InChI=1S/C12H12BrNO6/c1-12(10(15)16,11(17)20-2)6-7-4-3-5-8(9(7)13)14(18)19/h3-5H,6H2,1-2H3,(H,15,16). The summed E-state index contributed by atoms with van der Waals surface area (Å²) in [5, 5.41) is 20.0. The van der Waals surface area contributed by atoms with E-state index in [0.29, 0.717) is 5.56 Å². The van der Waals surface area contributed by atoms with Gasteiger partial charge in [0.05, 0.1) is 16.5 Å². The average Bonchev–Trinajstić information content (AvgIpc) is 2.39. The van der Waals surface area contributed by atoms with Crippen molar-refractivity contribution < 1.29 is 24.4 Å². The summed E-state index contributed by atoms with van der Waals surface area (Å²) in [4.78, 5) is 33.2. The highest BCUT2D eigenvalue weighted by Crippen LogP contribution is 2.33. The largest absolute Gasteiger partial charge is 0.480 e. The molecule has 8 heteroatoms. The summed E-state index contributed by atoms with van der Waals surface area (Å²) in [6.07, 6.45) is -0.225. The van der Waals surface area contributed by atoms with Gasteiger partial charge in [-0.25, -0.2) is 0 Å². The molecule has 1 aromatic rings. The van der Waals surface area contributed by atoms with Gasteiger partial charge in [0.1, 0.15) is 0 Å². The third-order valence-corrected chi connectivity index (χ3v) is 3.82. The van der Waals surface area contributed by atoms with Gasteiger partial charge in [-0.3, -0.25) is 19.7 Å². The highest BCUT2D eigenvalue weighted by molar-refractivity contribution is 9.10. The van der Waals surface area contributed by atoms with Crippen LogP contribution in [0.15, 0.2) is 22.7 Å². The first-order valence-corrected chi connectivity index (χ1v) is 6.27. The van der Waals surface area contributed by atoms with Gasteiger partial charge in [0.25, 0.3) is 5.69 Å². The normalized spacial score (nSPS) is 13.3. The zero-order chi connectivity index (χ0) is 15.5. The SMILES string of the molecule is COC(=O)C(C)(Cc1cccc([N+](=O)[O-])c1Br)C(=O)O. The molecule has 7 nitrogen and oxygen atoms in total. The van der Waals surface area contributed by atoms with Crippen molar-refractivity contribution in [2.75, 3.05) is 7.11 Å². The number of carbonyl (C=O) groups is 2. The third kappa shape index (κ3) is 2.96. The van der Waals surface area contributed by atoms with E-state index in [9.17, 15) is 24.8 Å². The van der Waals surface area contributed by atoms with Crippen LogP contribution in [0, 0.1) is 15.5 Å². The Morgan fingerprint density at radius 1 is 1.50 bits per heavy atom. The van der Waals surface area contributed by atoms with Gasteiger partial charge in [0, 0.05) is 12.5 Å². The number of aliphatic carboxylic acids is 1. The molecule has 0 aliphatic heterocycles. The van der Waals surface area contributed by atoms with Gasteiger partial charge < -0.3 is 9.84 Å². The molecular weight excluding hydrogens is 334 g/mol. The Kier molecular flexibility index (Phi) is 4.83. The van der Waals surface area contributed by atoms with E-state index in [4.69, 9.17) is 0 Å². The van der Waals surface area contributed by atoms with E-state index in [2.05, 4.69) is 20.7 Å². The number of carbonyl (C=O) groups excluding carboxylic acids is 1. The second-order valence-electron chi connectivity index (χ2n) is 4.31. The fourth-order valence-electron chi connectivity index (χ4n) is 1.69. The number of hydrogen-bond donors (Lipinski definition) is 1. The fraction of sp³-hybridized carbons (Fsp3) is 0.333. The molecular formula is C12H12BrNO6. The van der Waals surface area contributed by atoms with Crippen molar-refractivity contribution in [2.24, 2.45) is 5.41 Å². The van der Waals surface area contributed by atoms with E-state index in [-0.39, 0.29) is 16.6 Å². The summed E-state index contributed by atoms with van der Waals surface area (Å²) in [6, 6.07) is 4.23. The van der Waals surface area contributed by atoms with Crippen LogP contribution in [-0.2, 0) is 20.7 Å². The number of nitro groups is 1. The van der Waals surface area contributed by atoms with Crippen molar-refractivity contribution in [3.63, 3.8) is 0 Å². The van der Waals surface area contributed by atoms with Crippen molar-refractivity contribution >= 4 is 33.6 Å². The monoisotopic (exact) mass is 345 g/mol. The van der Waals surface area contributed by atoms with Gasteiger partial charge >= 0.3 is 11.9 Å². The molecule has 0 bridgehead atoms. The van der Waals surface area contributed by atoms with E-state index in [1.54, 1.807) is 0 Å². The number of ether oxygens (including phenoxy) is 1. The maximum atomic E-state index is 11.7. The molecule has 0 radical (unpaired) electrons. The minimum Gasteiger partial charge on any atom is -0.480 e. The molecule has 1 atom stereocenters. The van der Waals surface area contributed by atoms with Crippen LogP contribution in [0.2, 0.25) is 0 Å². The van der Waals surface area contributed by atoms with Crippen LogP contribution >= 0.6 is 15.9 Å². The number of carboxylic acids is 1. The van der Waals surface area contributed by atoms with Gasteiger partial charge in [0.2, 0.25) is 0 Å². The van der Waals surface area contributed by atoms with Crippen LogP contribution in [0.1, 0.15) is 12.5 Å². The number of hydrogen-bond acceptors (Lipinski definition) is 5. The molecule has 0 heterocycles. The predicted molar refractivity (Wildman–Crippen MR) is 72.3 cm³/mol. The molecule has 20 heavy (non-hydrogen) atoms. The average molecular weight is 346 g/mol. The van der Waals surface area contributed by atoms with Gasteiger partial charge in [-0.1, -0.05) is 12.1 Å². The fourth-order valence-corrected chi connectivity index (χ4v) is 2.23. The van der Waals surface area contributed by atoms with Crippen LogP contribution in [0.3, 0.4) is 0 Å². The summed E-state index contributed by atoms with van der Waals surface area (Å²) in [6.45, 7) is 1.21. The summed E-state index contributed by atoms with van der Waals surface area (Å²) >= 11 is 3.07. The topological polar surface area (TPSA) is 107 Å². The van der Waals surface area contributed by atoms with Gasteiger partial charge in [0.15, 0.2) is 5.41 Å². The minimum atomic E-state index is -1.81. The van der Waals surface area contributed by atoms with Gasteiger partial charge in [-0.05, 0) is 28.4 Å². The lowest BCUT2D eigenvalue weighted by atomic mass is 9.83. The van der Waals surface area contributed by atoms with Crippen molar-refractivity contribution in [3.05, 3.63) is 38.3 Å². The van der Waals surface area contributed by atoms with Crippen LogP contribution in [0.4, 0.5) is 5.69 Å². The predicted octanol–water partition coefficient (Wildman–Crippen LogP) is 2.16. The van der Waals surface area contributed by atoms with Gasteiger partial charge in [-0.2, -0.15) is 0 Å². The molecule has 1 aromatic carbocycles. The van der Waals surface area contributed by atoms with E-state index < -0.39 is 22.3 Å². The lowest BCUT2D eigenvalue weighted by molar-refractivity contribution is -0.385. The van der Waals surface area contributed by atoms with Gasteiger partial charge in [-0.15, -0.1) is 0 Å². The Balaban J connectivity index is 3.26. The van der Waals surface area contributed by atoms with Crippen LogP contribution in [-0.4, -0.2) is 29.1 Å². The lowest BCUT2D eigenvalue weighted by Crippen LogP contribution is -2.39. The molecule has 1 rings (SSSR count). The second-order valence-corrected chi connectivity index (χ2v) is 5.11. The first-order chi connectivity index (χ1) is 9.24. The van der Waals surface area contributed by atoms with Crippen LogP contribution in [0.5, 0.6) is 0 Å². The van der Waals surface area contributed by atoms with Crippen molar-refractivity contribution in [2.45, 2.75) is 13.3 Å². The molecule has 0 fully saturated rings. The molecule has 0 spiro atoms. The highest BCUT2D eigenvalue weighted by atomic mass is 79.9. The molecule has 0 saturated heterocycles. The van der Waals surface area contributed by atoms with Crippen LogP contribution < -0.4 is 0 Å². The molecule has 108 valence electrons. The highest BCUT2D eigenvalue weighted by Gasteiger charge is 2.43. The Morgan fingerprint density at radius 3 is 2.55 bits per heavy atom. The molecule has 0 aromatic heterocycles. The smallest absolute Gasteiger partial charge is 0.323 e. The van der Waals surface area contributed by atoms with Crippen molar-refractivity contribution in [3.8, 4) is 0 Å². The second kappa shape index (κ2) is 6.00. The van der Waals surface area contributed by atoms with E-state index >= 15 is 0 Å². The molecule has 1 unspecified atom stereocenters. The number of nitro benzene ring substituents is 1. The molecule has 0 aliphatic carbocycles. The van der Waals surface area contributed by atoms with Crippen molar-refractivity contribution in [1.29, 1.82) is 0 Å². The number of nitrogens with zero attached hydrogens (tertiary/aromatic N) is 1. The summed E-state index contributed by atoms with van der Waals surface area (Å²) in [7, 11) is 1.09.